The molecule has 4 rings (SSSR count). The van der Waals surface area contributed by atoms with Gasteiger partial charge in [0.1, 0.15) is 6.54 Å². The normalized spacial score (nSPS) is 21.5. The van der Waals surface area contributed by atoms with Gasteiger partial charge in [-0.05, 0) is 67.8 Å². The number of nitrogens with zero attached hydrogens (tertiary/aromatic N) is 2. The SMILES string of the molecule is CN(CC(=O)N(P=S)C1C[C@H]2CC[C@@H](C1)N2)C(=O)c1ccccc1Nc1cccc(C(F)(F)F)c1. The number of alkyl halides is 3. The van der Waals surface area contributed by atoms with Crippen LogP contribution < -0.4 is 10.6 Å². The molecule has 11 heteroatoms. The number of piperidine rings is 1. The second-order valence-electron chi connectivity index (χ2n) is 8.99. The Balaban J connectivity index is 1.46. The molecule has 2 saturated heterocycles. The van der Waals surface area contributed by atoms with Gasteiger partial charge >= 0.3 is 6.18 Å². The molecule has 2 bridgehead atoms. The predicted molar refractivity (Wildman–Crippen MR) is 132 cm³/mol. The number of amides is 2. The summed E-state index contributed by atoms with van der Waals surface area (Å²) in [5.74, 6) is -0.632. The molecule has 3 atom stereocenters. The van der Waals surface area contributed by atoms with Crippen molar-refractivity contribution in [2.24, 2.45) is 0 Å². The van der Waals surface area contributed by atoms with Crippen LogP contribution in [0, 0.1) is 0 Å². The maximum atomic E-state index is 13.2. The number of benzene rings is 2. The maximum absolute atomic E-state index is 13.2. The smallest absolute Gasteiger partial charge is 0.355 e. The van der Waals surface area contributed by atoms with Crippen LogP contribution >= 0.6 is 7.51 Å². The zero-order chi connectivity index (χ0) is 25.2. The first-order valence-corrected chi connectivity index (χ1v) is 13.2. The lowest BCUT2D eigenvalue weighted by molar-refractivity contribution is -0.137. The molecule has 0 saturated carbocycles. The van der Waals surface area contributed by atoms with Crippen molar-refractivity contribution in [1.29, 1.82) is 0 Å². The van der Waals surface area contributed by atoms with E-state index in [4.69, 9.17) is 11.8 Å². The Morgan fingerprint density at radius 2 is 1.80 bits per heavy atom. The zero-order valence-corrected chi connectivity index (χ0v) is 20.8. The quantitative estimate of drug-likeness (QED) is 0.504. The van der Waals surface area contributed by atoms with Crippen LogP contribution in [0.15, 0.2) is 48.5 Å². The molecular weight excluding hydrogens is 496 g/mol. The molecule has 0 aliphatic carbocycles. The molecule has 2 heterocycles. The summed E-state index contributed by atoms with van der Waals surface area (Å²) in [6, 6.07) is 12.2. The third kappa shape index (κ3) is 6.00. The molecule has 2 aliphatic heterocycles. The van der Waals surface area contributed by atoms with Crippen LogP contribution in [0.25, 0.3) is 0 Å². The van der Waals surface area contributed by atoms with Crippen LogP contribution in [0.1, 0.15) is 41.6 Å². The lowest BCUT2D eigenvalue weighted by atomic mass is 10.00. The second-order valence-corrected chi connectivity index (χ2v) is 10.1. The molecule has 2 fully saturated rings. The molecule has 2 amide bonds. The van der Waals surface area contributed by atoms with Gasteiger partial charge in [-0.25, -0.2) is 0 Å². The van der Waals surface area contributed by atoms with Crippen LogP contribution in [0.5, 0.6) is 0 Å². The standard InChI is InChI=1S/C24H26F3N4O2PS/c1-30(14-22(32)31(34-35)19-12-17-9-10-18(13-19)28-17)23(33)20-7-2-3-8-21(20)29-16-6-4-5-15(11-16)24(25,26)27/h2-8,11,17-19,28-29H,9-10,12-14H2,1H3/t17-,18+,19?. The van der Waals surface area contributed by atoms with Gasteiger partial charge in [-0.3, -0.25) is 14.3 Å². The van der Waals surface area contributed by atoms with Gasteiger partial charge in [0, 0.05) is 30.9 Å². The first-order valence-electron chi connectivity index (χ1n) is 11.4. The molecule has 2 aromatic rings. The second kappa shape index (κ2) is 10.6. The van der Waals surface area contributed by atoms with Gasteiger partial charge in [-0.1, -0.05) is 18.2 Å². The number of rotatable bonds is 7. The molecule has 186 valence electrons. The largest absolute Gasteiger partial charge is 0.416 e. The van der Waals surface area contributed by atoms with Gasteiger partial charge in [-0.15, -0.1) is 0 Å². The lowest BCUT2D eigenvalue weighted by Gasteiger charge is -2.35. The number of carbonyl (C=O) groups excluding carboxylic acids is 2. The third-order valence-electron chi connectivity index (χ3n) is 6.48. The van der Waals surface area contributed by atoms with E-state index < -0.39 is 17.6 Å². The minimum absolute atomic E-state index is 0.0544. The molecule has 2 aliphatic rings. The summed E-state index contributed by atoms with van der Waals surface area (Å²) >= 11 is 5.23. The summed E-state index contributed by atoms with van der Waals surface area (Å²) in [5, 5.41) is 6.46. The fourth-order valence-corrected chi connectivity index (χ4v) is 5.95. The number of carbonyl (C=O) groups is 2. The summed E-state index contributed by atoms with van der Waals surface area (Å²) in [5.41, 5.74) is 0.0193. The molecule has 2 aromatic carbocycles. The first kappa shape index (κ1) is 25.5. The molecule has 0 aromatic heterocycles. The Labute approximate surface area is 208 Å². The molecule has 0 spiro atoms. The monoisotopic (exact) mass is 522 g/mol. The van der Waals surface area contributed by atoms with Crippen molar-refractivity contribution in [3.63, 3.8) is 0 Å². The van der Waals surface area contributed by atoms with Gasteiger partial charge in [0.25, 0.3) is 5.91 Å². The van der Waals surface area contributed by atoms with E-state index in [0.717, 1.165) is 37.8 Å². The highest BCUT2D eigenvalue weighted by Crippen LogP contribution is 2.33. The summed E-state index contributed by atoms with van der Waals surface area (Å²) in [6.07, 6.45) is -0.560. The summed E-state index contributed by atoms with van der Waals surface area (Å²) in [7, 11) is 1.97. The van der Waals surface area contributed by atoms with E-state index in [9.17, 15) is 22.8 Å². The maximum Gasteiger partial charge on any atom is 0.416 e. The molecule has 0 radical (unpaired) electrons. The highest BCUT2D eigenvalue weighted by Gasteiger charge is 2.38. The van der Waals surface area contributed by atoms with Gasteiger partial charge in [0.05, 0.1) is 24.3 Å². The summed E-state index contributed by atoms with van der Waals surface area (Å²) in [6.45, 7) is -0.139. The zero-order valence-electron chi connectivity index (χ0n) is 19.1. The average molecular weight is 523 g/mol. The number of hydrogen-bond acceptors (Lipinski definition) is 5. The number of nitrogens with one attached hydrogen (secondary N) is 2. The van der Waals surface area contributed by atoms with Crippen molar-refractivity contribution in [3.8, 4) is 0 Å². The van der Waals surface area contributed by atoms with Crippen molar-refractivity contribution < 1.29 is 22.8 Å². The van der Waals surface area contributed by atoms with E-state index in [2.05, 4.69) is 10.6 Å². The first-order chi connectivity index (χ1) is 16.7. The average Bonchev–Trinajstić information content (AvgIpc) is 3.16. The van der Waals surface area contributed by atoms with Gasteiger partial charge in [-0.2, -0.15) is 13.2 Å². The minimum Gasteiger partial charge on any atom is -0.355 e. The molecule has 6 nitrogen and oxygen atoms in total. The van der Waals surface area contributed by atoms with E-state index in [0.29, 0.717) is 25.3 Å². The number of hydrogen-bond donors (Lipinski definition) is 2. The molecule has 2 N–H and O–H groups in total. The van der Waals surface area contributed by atoms with Gasteiger partial charge < -0.3 is 15.5 Å². The minimum atomic E-state index is -4.47. The van der Waals surface area contributed by atoms with Crippen LogP contribution in [0.2, 0.25) is 0 Å². The van der Waals surface area contributed by atoms with E-state index >= 15 is 0 Å². The molecule has 35 heavy (non-hydrogen) atoms. The Hall–Kier alpha value is -2.55. The Kier molecular flexibility index (Phi) is 7.73. The van der Waals surface area contributed by atoms with Crippen molar-refractivity contribution in [2.75, 3.05) is 18.9 Å². The number of anilines is 2. The number of likely N-dealkylation sites (N-methyl/N-ethyl adjacent to an activating group) is 1. The van der Waals surface area contributed by atoms with Crippen LogP contribution in [0.3, 0.4) is 0 Å². The molecule has 1 unspecified atom stereocenters. The van der Waals surface area contributed by atoms with E-state index in [1.807, 2.05) is 0 Å². The van der Waals surface area contributed by atoms with E-state index in [1.54, 1.807) is 28.9 Å². The van der Waals surface area contributed by atoms with Crippen LogP contribution in [-0.2, 0) is 22.8 Å². The van der Waals surface area contributed by atoms with Crippen LogP contribution in [-0.4, -0.2) is 53.1 Å². The fourth-order valence-electron chi connectivity index (χ4n) is 4.80. The highest BCUT2D eigenvalue weighted by molar-refractivity contribution is 7.95. The lowest BCUT2D eigenvalue weighted by Crippen LogP contribution is -2.49. The Morgan fingerprint density at radius 3 is 2.46 bits per heavy atom. The highest BCUT2D eigenvalue weighted by atomic mass is 32.4. The summed E-state index contributed by atoms with van der Waals surface area (Å²) < 4.78 is 40.9. The predicted octanol–water partition coefficient (Wildman–Crippen LogP) is 4.96. The van der Waals surface area contributed by atoms with Gasteiger partial charge in [0.15, 0.2) is 0 Å². The number of para-hydroxylation sites is 1. The fraction of sp³-hybridized carbons (Fsp3) is 0.417. The van der Waals surface area contributed by atoms with Crippen molar-refractivity contribution in [2.45, 2.75) is 50.0 Å². The Bertz CT molecular complexity index is 1100. The third-order valence-corrected chi connectivity index (χ3v) is 7.74. The molecular formula is C24H26F3N4O2PS. The van der Waals surface area contributed by atoms with Crippen molar-refractivity contribution in [3.05, 3.63) is 59.7 Å². The van der Waals surface area contributed by atoms with E-state index in [-0.39, 0.29) is 29.7 Å². The van der Waals surface area contributed by atoms with Crippen molar-refractivity contribution in [1.82, 2.24) is 14.9 Å². The number of fused-ring (bicyclic) bond motifs is 2. The summed E-state index contributed by atoms with van der Waals surface area (Å²) in [4.78, 5) is 27.6. The van der Waals surface area contributed by atoms with Crippen molar-refractivity contribution >= 4 is 42.5 Å². The Morgan fingerprint density at radius 1 is 1.11 bits per heavy atom. The number of halogens is 3. The van der Waals surface area contributed by atoms with E-state index in [1.165, 1.54) is 24.1 Å². The topological polar surface area (TPSA) is 64.7 Å². The van der Waals surface area contributed by atoms with Gasteiger partial charge in [0.2, 0.25) is 5.91 Å². The van der Waals surface area contributed by atoms with Crippen LogP contribution in [0.4, 0.5) is 24.5 Å².